The molecule has 0 heterocycles. The normalized spacial score (nSPS) is 10.7. The van der Waals surface area contributed by atoms with E-state index in [4.69, 9.17) is 9.47 Å². The van der Waals surface area contributed by atoms with E-state index in [-0.39, 0.29) is 28.3 Å². The summed E-state index contributed by atoms with van der Waals surface area (Å²) in [6.45, 7) is 0.395. The first-order valence-corrected chi connectivity index (χ1v) is 8.84. The molecule has 0 bridgehead atoms. The lowest BCUT2D eigenvalue weighted by molar-refractivity contribution is -0.385. The zero-order chi connectivity index (χ0) is 21.2. The molecule has 2 aromatic rings. The number of benzene rings is 2. The summed E-state index contributed by atoms with van der Waals surface area (Å²) in [6, 6.07) is 14.2. The maximum Gasteiger partial charge on any atom is 0.311 e. The van der Waals surface area contributed by atoms with Gasteiger partial charge in [-0.3, -0.25) is 14.9 Å². The Balaban J connectivity index is 2.13. The summed E-state index contributed by atoms with van der Waals surface area (Å²) in [5.41, 5.74) is 0.923. The van der Waals surface area contributed by atoms with Crippen LogP contribution in [0.25, 0.3) is 6.08 Å². The number of hydrogen-bond donors (Lipinski definition) is 1. The van der Waals surface area contributed by atoms with Crippen LogP contribution in [-0.4, -0.2) is 31.6 Å². The minimum atomic E-state index is -0.606. The first-order valence-electron chi connectivity index (χ1n) is 8.84. The van der Waals surface area contributed by atoms with Gasteiger partial charge < -0.3 is 14.8 Å². The number of methoxy groups -OCH3 is 2. The molecule has 0 saturated heterocycles. The van der Waals surface area contributed by atoms with E-state index in [1.54, 1.807) is 0 Å². The largest absolute Gasteiger partial charge is 0.496 e. The van der Waals surface area contributed by atoms with Crippen molar-refractivity contribution in [1.29, 1.82) is 5.26 Å². The highest BCUT2D eigenvalue weighted by Crippen LogP contribution is 2.35. The van der Waals surface area contributed by atoms with Crippen LogP contribution in [0.5, 0.6) is 11.5 Å². The van der Waals surface area contributed by atoms with Gasteiger partial charge in [0.2, 0.25) is 5.75 Å². The molecule has 8 nitrogen and oxygen atoms in total. The van der Waals surface area contributed by atoms with Crippen molar-refractivity contribution in [2.24, 2.45) is 0 Å². The summed E-state index contributed by atoms with van der Waals surface area (Å²) in [5, 5.41) is 23.3. The van der Waals surface area contributed by atoms with Crippen molar-refractivity contribution in [1.82, 2.24) is 5.32 Å². The first kappa shape index (κ1) is 21.4. The fourth-order valence-corrected chi connectivity index (χ4v) is 2.70. The third kappa shape index (κ3) is 5.81. The average molecular weight is 395 g/mol. The minimum Gasteiger partial charge on any atom is -0.496 e. The van der Waals surface area contributed by atoms with E-state index < -0.39 is 10.8 Å². The highest BCUT2D eigenvalue weighted by molar-refractivity contribution is 6.02. The number of amides is 1. The molecule has 2 rings (SSSR count). The molecule has 0 spiro atoms. The number of rotatable bonds is 9. The molecule has 150 valence electrons. The topological polar surface area (TPSA) is 114 Å². The lowest BCUT2D eigenvalue weighted by atomic mass is 10.1. The molecule has 1 amide bonds. The van der Waals surface area contributed by atoms with Gasteiger partial charge in [-0.25, -0.2) is 0 Å². The van der Waals surface area contributed by atoms with Crippen LogP contribution >= 0.6 is 0 Å². The highest BCUT2D eigenvalue weighted by Gasteiger charge is 2.20. The van der Waals surface area contributed by atoms with Crippen LogP contribution in [0.15, 0.2) is 48.0 Å². The summed E-state index contributed by atoms with van der Waals surface area (Å²) < 4.78 is 10.2. The van der Waals surface area contributed by atoms with Crippen LogP contribution in [0.4, 0.5) is 5.69 Å². The number of ether oxygens (including phenoxy) is 2. The minimum absolute atomic E-state index is 0.0212. The summed E-state index contributed by atoms with van der Waals surface area (Å²) in [5.74, 6) is -0.286. The van der Waals surface area contributed by atoms with Crippen LogP contribution in [-0.2, 0) is 11.2 Å². The van der Waals surface area contributed by atoms with E-state index >= 15 is 0 Å². The van der Waals surface area contributed by atoms with Gasteiger partial charge in [0.25, 0.3) is 5.91 Å². The lowest BCUT2D eigenvalue weighted by Gasteiger charge is -2.09. The zero-order valence-corrected chi connectivity index (χ0v) is 16.2. The van der Waals surface area contributed by atoms with Gasteiger partial charge in [-0.1, -0.05) is 30.3 Å². The molecule has 0 aliphatic carbocycles. The molecule has 0 aromatic heterocycles. The third-order valence-electron chi connectivity index (χ3n) is 4.16. The number of carbonyl (C=O) groups is 1. The first-order chi connectivity index (χ1) is 14.0. The van der Waals surface area contributed by atoms with Crippen molar-refractivity contribution in [3.8, 4) is 17.6 Å². The Morgan fingerprint density at radius 3 is 2.48 bits per heavy atom. The Morgan fingerprint density at radius 1 is 1.21 bits per heavy atom. The van der Waals surface area contributed by atoms with E-state index in [9.17, 15) is 20.2 Å². The number of nitriles is 1. The summed E-state index contributed by atoms with van der Waals surface area (Å²) in [4.78, 5) is 23.0. The fourth-order valence-electron chi connectivity index (χ4n) is 2.70. The van der Waals surface area contributed by atoms with E-state index in [0.29, 0.717) is 13.0 Å². The van der Waals surface area contributed by atoms with Crippen molar-refractivity contribution in [2.45, 2.75) is 12.8 Å². The van der Waals surface area contributed by atoms with E-state index in [2.05, 4.69) is 5.32 Å². The molecule has 0 atom stereocenters. The molecule has 29 heavy (non-hydrogen) atoms. The van der Waals surface area contributed by atoms with E-state index in [1.807, 2.05) is 36.4 Å². The molecule has 0 aliphatic rings. The maximum absolute atomic E-state index is 12.3. The average Bonchev–Trinajstić information content (AvgIpc) is 2.74. The molecule has 8 heteroatoms. The standard InChI is InChI=1S/C21H21N3O5/c1-28-19-13-20(29-2)18(24(26)27)12-16(19)11-17(14-22)21(25)23-10-6-9-15-7-4-3-5-8-15/h3-5,7-8,11-13H,6,9-10H2,1-2H3,(H,23,25)/b17-11-. The smallest absolute Gasteiger partial charge is 0.311 e. The van der Waals surface area contributed by atoms with Crippen LogP contribution in [0, 0.1) is 21.4 Å². The predicted octanol–water partition coefficient (Wildman–Crippen LogP) is 3.27. The van der Waals surface area contributed by atoms with Crippen molar-refractivity contribution in [3.63, 3.8) is 0 Å². The van der Waals surface area contributed by atoms with Gasteiger partial charge in [-0.05, 0) is 24.5 Å². The Morgan fingerprint density at radius 2 is 1.90 bits per heavy atom. The van der Waals surface area contributed by atoms with Gasteiger partial charge >= 0.3 is 5.69 Å². The van der Waals surface area contributed by atoms with Crippen molar-refractivity contribution >= 4 is 17.7 Å². The lowest BCUT2D eigenvalue weighted by Crippen LogP contribution is -2.25. The van der Waals surface area contributed by atoms with Gasteiger partial charge in [0.1, 0.15) is 17.4 Å². The summed E-state index contributed by atoms with van der Waals surface area (Å²) >= 11 is 0. The summed E-state index contributed by atoms with van der Waals surface area (Å²) in [6.07, 6.45) is 2.77. The SMILES string of the molecule is COc1cc(OC)c([N+](=O)[O-])cc1/C=C(/C#N)C(=O)NCCCc1ccccc1. The second-order valence-electron chi connectivity index (χ2n) is 6.04. The number of nitrogens with one attached hydrogen (secondary N) is 1. The molecule has 1 N–H and O–H groups in total. The molecule has 0 fully saturated rings. The van der Waals surface area contributed by atoms with Crippen molar-refractivity contribution in [3.05, 3.63) is 69.3 Å². The zero-order valence-electron chi connectivity index (χ0n) is 16.2. The highest BCUT2D eigenvalue weighted by atomic mass is 16.6. The third-order valence-corrected chi connectivity index (χ3v) is 4.16. The van der Waals surface area contributed by atoms with E-state index in [1.165, 1.54) is 32.4 Å². The number of nitrogens with zero attached hydrogens (tertiary/aromatic N) is 2. The molecule has 2 aromatic carbocycles. The molecular weight excluding hydrogens is 374 g/mol. The molecule has 0 saturated carbocycles. The van der Waals surface area contributed by atoms with E-state index in [0.717, 1.165) is 12.0 Å². The molecular formula is C21H21N3O5. The van der Waals surface area contributed by atoms with Gasteiger partial charge in [-0.2, -0.15) is 5.26 Å². The number of hydrogen-bond acceptors (Lipinski definition) is 6. The number of carbonyl (C=O) groups excluding carboxylic acids is 1. The van der Waals surface area contributed by atoms with Crippen molar-refractivity contribution < 1.29 is 19.2 Å². The summed E-state index contributed by atoms with van der Waals surface area (Å²) in [7, 11) is 2.69. The second kappa shape index (κ2) is 10.5. The monoisotopic (exact) mass is 395 g/mol. The Hall–Kier alpha value is -3.86. The second-order valence-corrected chi connectivity index (χ2v) is 6.04. The Bertz CT molecular complexity index is 949. The molecule has 0 radical (unpaired) electrons. The van der Waals surface area contributed by atoms with Crippen LogP contribution in [0.1, 0.15) is 17.5 Å². The number of nitro benzene ring substituents is 1. The van der Waals surface area contributed by atoms with Gasteiger partial charge in [0.15, 0.2) is 0 Å². The Labute approximate surface area is 168 Å². The van der Waals surface area contributed by atoms with Gasteiger partial charge in [0, 0.05) is 24.2 Å². The van der Waals surface area contributed by atoms with Gasteiger partial charge in [0.05, 0.1) is 19.1 Å². The number of aryl methyl sites for hydroxylation is 1. The van der Waals surface area contributed by atoms with Crippen LogP contribution < -0.4 is 14.8 Å². The fraction of sp³-hybridized carbons (Fsp3) is 0.238. The number of nitro groups is 1. The Kier molecular flexibility index (Phi) is 7.74. The maximum atomic E-state index is 12.3. The molecule has 0 aliphatic heterocycles. The molecule has 0 unspecified atom stereocenters. The quantitative estimate of drug-likeness (QED) is 0.229. The van der Waals surface area contributed by atoms with Crippen LogP contribution in [0.3, 0.4) is 0 Å². The van der Waals surface area contributed by atoms with Gasteiger partial charge in [-0.15, -0.1) is 0 Å². The predicted molar refractivity (Wildman–Crippen MR) is 108 cm³/mol. The van der Waals surface area contributed by atoms with Crippen molar-refractivity contribution in [2.75, 3.05) is 20.8 Å². The van der Waals surface area contributed by atoms with Crippen LogP contribution in [0.2, 0.25) is 0 Å².